The average Bonchev–Trinajstić information content (AvgIpc) is 3.46. The number of methoxy groups -OCH3 is 1. The number of hydrogen-bond donors (Lipinski definition) is 1. The van der Waals surface area contributed by atoms with E-state index < -0.39 is 33.9 Å². The highest BCUT2D eigenvalue weighted by molar-refractivity contribution is 7.90. The summed E-state index contributed by atoms with van der Waals surface area (Å²) in [6.45, 7) is 0.846. The van der Waals surface area contributed by atoms with Crippen molar-refractivity contribution in [2.24, 2.45) is 0 Å². The molecule has 1 unspecified atom stereocenters. The highest BCUT2D eigenvalue weighted by Gasteiger charge is 2.35. The van der Waals surface area contributed by atoms with Gasteiger partial charge in [-0.1, -0.05) is 54.1 Å². The molecule has 5 rings (SSSR count). The second-order valence-corrected chi connectivity index (χ2v) is 13.3. The molecule has 1 heterocycles. The molecular formula is C34H32ClF3N2O7S. The molecule has 4 aromatic carbocycles. The number of carbonyl (C=O) groups is 1. The van der Waals surface area contributed by atoms with Crippen molar-refractivity contribution in [1.29, 1.82) is 0 Å². The lowest BCUT2D eigenvalue weighted by Crippen LogP contribution is -2.37. The second kappa shape index (κ2) is 14.8. The van der Waals surface area contributed by atoms with E-state index in [4.69, 9.17) is 25.8 Å². The summed E-state index contributed by atoms with van der Waals surface area (Å²) in [4.78, 5) is 15.8. The molecule has 1 amide bonds. The van der Waals surface area contributed by atoms with Gasteiger partial charge in [-0.25, -0.2) is 8.42 Å². The Labute approximate surface area is 281 Å². The molecule has 48 heavy (non-hydrogen) atoms. The van der Waals surface area contributed by atoms with E-state index in [1.54, 1.807) is 12.1 Å². The normalized spacial score (nSPS) is 13.5. The van der Waals surface area contributed by atoms with E-state index >= 15 is 0 Å². The van der Waals surface area contributed by atoms with Crippen molar-refractivity contribution in [2.75, 3.05) is 43.3 Å². The summed E-state index contributed by atoms with van der Waals surface area (Å²) in [5.74, 6) is -0.553. The number of anilines is 2. The largest absolute Gasteiger partial charge is 0.573 e. The topological polar surface area (TPSA) is 103 Å². The van der Waals surface area contributed by atoms with Gasteiger partial charge in [0.15, 0.2) is 9.84 Å². The molecule has 0 radical (unpaired) electrons. The van der Waals surface area contributed by atoms with Crippen molar-refractivity contribution < 1.29 is 45.3 Å². The standard InChI is InChI=1S/C34H32ClF3N2O7S/c1-44-27-17-25(18-28(19-27)48(2,42)43)39-32(33(41)40-13-12-23-8-10-26(20-30(23)40)47-34(36,37)38)29-11-9-24(35)16-31(29)46-15-14-45-21-22-6-4-3-5-7-22/h3-11,16-20,32,39H,12-15,21H2,1-2H3. The second-order valence-electron chi connectivity index (χ2n) is 10.9. The first kappa shape index (κ1) is 34.9. The van der Waals surface area contributed by atoms with Gasteiger partial charge in [0, 0.05) is 41.2 Å². The Morgan fingerprint density at radius 2 is 1.75 bits per heavy atom. The zero-order chi connectivity index (χ0) is 34.5. The van der Waals surface area contributed by atoms with E-state index in [0.717, 1.165) is 11.8 Å². The van der Waals surface area contributed by atoms with Crippen molar-refractivity contribution in [3.05, 3.63) is 107 Å². The van der Waals surface area contributed by atoms with Gasteiger partial charge in [-0.05, 0) is 47.9 Å². The molecule has 0 bridgehead atoms. The molecule has 4 aromatic rings. The van der Waals surface area contributed by atoms with Gasteiger partial charge in [0.05, 0.1) is 30.9 Å². The van der Waals surface area contributed by atoms with Crippen LogP contribution in [0.25, 0.3) is 0 Å². The van der Waals surface area contributed by atoms with Crippen LogP contribution in [0.3, 0.4) is 0 Å². The summed E-state index contributed by atoms with van der Waals surface area (Å²) in [5.41, 5.74) is 2.46. The fourth-order valence-corrected chi connectivity index (χ4v) is 6.05. The highest BCUT2D eigenvalue weighted by Crippen LogP contribution is 2.39. The summed E-state index contributed by atoms with van der Waals surface area (Å²) in [5, 5.41) is 3.45. The summed E-state index contributed by atoms with van der Waals surface area (Å²) >= 11 is 6.34. The van der Waals surface area contributed by atoms with Gasteiger partial charge in [-0.3, -0.25) is 4.79 Å². The summed E-state index contributed by atoms with van der Waals surface area (Å²) in [7, 11) is -2.31. The Hall–Kier alpha value is -4.46. The van der Waals surface area contributed by atoms with Crippen molar-refractivity contribution >= 4 is 38.7 Å². The Morgan fingerprint density at radius 3 is 2.46 bits per heavy atom. The average molecular weight is 705 g/mol. The molecule has 0 fully saturated rings. The lowest BCUT2D eigenvalue weighted by atomic mass is 10.0. The van der Waals surface area contributed by atoms with E-state index in [1.165, 1.54) is 54.5 Å². The zero-order valence-corrected chi connectivity index (χ0v) is 27.5. The number of rotatable bonds is 13. The SMILES string of the molecule is COc1cc(NC(C(=O)N2CCc3ccc(OC(F)(F)F)cc32)c2ccc(Cl)cc2OCCOCc2ccccc2)cc(S(C)(=O)=O)c1. The minimum absolute atomic E-state index is 0.0563. The number of ether oxygens (including phenoxy) is 4. The third kappa shape index (κ3) is 8.91. The molecule has 9 nitrogen and oxygen atoms in total. The molecule has 1 N–H and O–H groups in total. The van der Waals surface area contributed by atoms with Gasteiger partial charge in [0.1, 0.15) is 29.9 Å². The van der Waals surface area contributed by atoms with Crippen molar-refractivity contribution in [1.82, 2.24) is 0 Å². The van der Waals surface area contributed by atoms with Crippen LogP contribution >= 0.6 is 11.6 Å². The minimum atomic E-state index is -4.92. The van der Waals surface area contributed by atoms with Crippen LogP contribution in [0.4, 0.5) is 24.5 Å². The Morgan fingerprint density at radius 1 is 0.979 bits per heavy atom. The van der Waals surface area contributed by atoms with Crippen LogP contribution in [-0.2, 0) is 32.4 Å². The molecule has 1 aliphatic heterocycles. The maximum atomic E-state index is 14.5. The number of alkyl halides is 3. The number of halogens is 4. The number of nitrogens with zero attached hydrogens (tertiary/aromatic N) is 1. The molecule has 0 saturated heterocycles. The van der Waals surface area contributed by atoms with E-state index in [9.17, 15) is 26.4 Å². The lowest BCUT2D eigenvalue weighted by Gasteiger charge is -2.28. The summed E-state index contributed by atoms with van der Waals surface area (Å²) < 4.78 is 85.3. The third-order valence-corrected chi connectivity index (χ3v) is 8.76. The molecule has 0 spiro atoms. The van der Waals surface area contributed by atoms with Crippen LogP contribution < -0.4 is 24.4 Å². The number of nitrogens with one attached hydrogen (secondary N) is 1. The molecule has 0 aromatic heterocycles. The maximum absolute atomic E-state index is 14.5. The van der Waals surface area contributed by atoms with E-state index in [2.05, 4.69) is 10.1 Å². The first-order chi connectivity index (χ1) is 22.8. The van der Waals surface area contributed by atoms with Crippen molar-refractivity contribution in [3.8, 4) is 17.2 Å². The first-order valence-electron chi connectivity index (χ1n) is 14.7. The van der Waals surface area contributed by atoms with Gasteiger partial charge in [0.2, 0.25) is 0 Å². The molecule has 0 saturated carbocycles. The van der Waals surface area contributed by atoms with E-state index in [0.29, 0.717) is 29.2 Å². The van der Waals surface area contributed by atoms with Crippen LogP contribution in [0, 0.1) is 0 Å². The number of sulfone groups is 1. The van der Waals surface area contributed by atoms with Crippen LogP contribution in [0.5, 0.6) is 17.2 Å². The molecule has 254 valence electrons. The summed E-state index contributed by atoms with van der Waals surface area (Å²) in [6, 6.07) is 21.1. The minimum Gasteiger partial charge on any atom is -0.497 e. The summed E-state index contributed by atoms with van der Waals surface area (Å²) in [6.07, 6.45) is -3.49. The van der Waals surface area contributed by atoms with Crippen LogP contribution in [-0.4, -0.2) is 53.8 Å². The van der Waals surface area contributed by atoms with E-state index in [-0.39, 0.29) is 47.5 Å². The van der Waals surface area contributed by atoms with Gasteiger partial charge >= 0.3 is 6.36 Å². The Balaban J connectivity index is 1.49. The van der Waals surface area contributed by atoms with Crippen LogP contribution in [0.1, 0.15) is 22.7 Å². The highest BCUT2D eigenvalue weighted by atomic mass is 35.5. The molecule has 14 heteroatoms. The van der Waals surface area contributed by atoms with Gasteiger partial charge in [-0.15, -0.1) is 13.2 Å². The van der Waals surface area contributed by atoms with Gasteiger partial charge in [0.25, 0.3) is 5.91 Å². The fraction of sp³-hybridized carbons (Fsp3) is 0.265. The van der Waals surface area contributed by atoms with Gasteiger partial charge < -0.3 is 29.2 Å². The number of benzene rings is 4. The predicted molar refractivity (Wildman–Crippen MR) is 175 cm³/mol. The maximum Gasteiger partial charge on any atom is 0.573 e. The van der Waals surface area contributed by atoms with Crippen molar-refractivity contribution in [3.63, 3.8) is 0 Å². The number of carbonyl (C=O) groups excluding carboxylic acids is 1. The molecular weight excluding hydrogens is 673 g/mol. The third-order valence-electron chi connectivity index (χ3n) is 7.44. The molecule has 0 aliphatic carbocycles. The number of fused-ring (bicyclic) bond motifs is 1. The molecule has 1 atom stereocenters. The Kier molecular flexibility index (Phi) is 10.7. The molecule has 1 aliphatic rings. The number of hydrogen-bond acceptors (Lipinski definition) is 8. The number of amides is 1. The smallest absolute Gasteiger partial charge is 0.497 e. The van der Waals surface area contributed by atoms with E-state index in [1.807, 2.05) is 30.3 Å². The predicted octanol–water partition coefficient (Wildman–Crippen LogP) is 6.99. The quantitative estimate of drug-likeness (QED) is 0.149. The first-order valence-corrected chi connectivity index (χ1v) is 17.0. The van der Waals surface area contributed by atoms with Crippen LogP contribution in [0.15, 0.2) is 89.8 Å². The Bertz CT molecular complexity index is 1870. The van der Waals surface area contributed by atoms with Crippen LogP contribution in [0.2, 0.25) is 5.02 Å². The monoisotopic (exact) mass is 704 g/mol. The van der Waals surface area contributed by atoms with Gasteiger partial charge in [-0.2, -0.15) is 0 Å². The lowest BCUT2D eigenvalue weighted by molar-refractivity contribution is -0.274. The fourth-order valence-electron chi connectivity index (χ4n) is 5.21. The van der Waals surface area contributed by atoms with Crippen molar-refractivity contribution in [2.45, 2.75) is 30.3 Å². The zero-order valence-electron chi connectivity index (χ0n) is 25.9.